The van der Waals surface area contributed by atoms with Crippen molar-refractivity contribution in [2.75, 3.05) is 32.8 Å². The fraction of sp³-hybridized carbons (Fsp3) is 0.556. The molecule has 1 aliphatic heterocycles. The molecule has 1 aromatic carbocycles. The maximum absolute atomic E-state index is 12.6. The Bertz CT molecular complexity index is 776. The van der Waals surface area contributed by atoms with Gasteiger partial charge >= 0.3 is 6.09 Å². The summed E-state index contributed by atoms with van der Waals surface area (Å²) >= 11 is 0. The predicted octanol–water partition coefficient (Wildman–Crippen LogP) is 1.68. The van der Waals surface area contributed by atoms with E-state index in [1.165, 1.54) is 24.3 Å². The third kappa shape index (κ3) is 5.67. The quantitative estimate of drug-likeness (QED) is 0.834. The Labute approximate surface area is 160 Å². The molecule has 1 saturated heterocycles. The molecule has 0 radical (unpaired) electrons. The van der Waals surface area contributed by atoms with Gasteiger partial charge in [0, 0.05) is 37.3 Å². The minimum absolute atomic E-state index is 0.112. The number of amides is 2. The van der Waals surface area contributed by atoms with Gasteiger partial charge in [-0.2, -0.15) is 0 Å². The highest BCUT2D eigenvalue weighted by atomic mass is 32.2. The second-order valence-electron chi connectivity index (χ2n) is 7.36. The maximum atomic E-state index is 12.6. The van der Waals surface area contributed by atoms with Crippen LogP contribution in [-0.4, -0.2) is 68.5 Å². The van der Waals surface area contributed by atoms with Crippen LogP contribution in [0.5, 0.6) is 0 Å². The van der Waals surface area contributed by atoms with Gasteiger partial charge in [0.15, 0.2) is 0 Å². The van der Waals surface area contributed by atoms with Crippen molar-refractivity contribution in [1.82, 2.24) is 14.5 Å². The summed E-state index contributed by atoms with van der Waals surface area (Å²) in [6.07, 6.45) is -0.370. The van der Waals surface area contributed by atoms with Gasteiger partial charge in [-0.15, -0.1) is 0 Å². The lowest BCUT2D eigenvalue weighted by molar-refractivity contribution is 0.0570. The van der Waals surface area contributed by atoms with Gasteiger partial charge in [-0.25, -0.2) is 17.9 Å². The number of hydrogen-bond acceptors (Lipinski definition) is 5. The van der Waals surface area contributed by atoms with E-state index in [1.807, 2.05) is 0 Å². The van der Waals surface area contributed by atoms with Crippen LogP contribution in [-0.2, 0) is 14.8 Å². The van der Waals surface area contributed by atoms with Crippen LogP contribution < -0.4 is 4.72 Å². The Balaban J connectivity index is 2.01. The number of piperazine rings is 1. The van der Waals surface area contributed by atoms with Crippen molar-refractivity contribution in [3.8, 4) is 0 Å². The van der Waals surface area contributed by atoms with E-state index < -0.39 is 15.6 Å². The second kappa shape index (κ2) is 8.26. The molecule has 1 aromatic rings. The van der Waals surface area contributed by atoms with Crippen molar-refractivity contribution in [2.45, 2.75) is 38.1 Å². The Morgan fingerprint density at radius 1 is 1.04 bits per heavy atom. The van der Waals surface area contributed by atoms with Crippen molar-refractivity contribution in [2.24, 2.45) is 0 Å². The zero-order valence-corrected chi connectivity index (χ0v) is 17.0. The van der Waals surface area contributed by atoms with E-state index in [0.29, 0.717) is 38.3 Å². The number of ether oxygens (including phenoxy) is 1. The summed E-state index contributed by atoms with van der Waals surface area (Å²) in [5.41, 5.74) is -0.180. The van der Waals surface area contributed by atoms with Crippen LogP contribution >= 0.6 is 0 Å². The average molecular weight is 397 g/mol. The number of carbonyl (C=O) groups excluding carboxylic acids is 2. The standard InChI is InChI=1S/C18H27N3O5S/c1-5-26-17(23)21-12-10-20(11-13-21)16(22)14-6-8-15(9-7-14)27(24,25)19-18(2,3)4/h6-9,19H,5,10-13H2,1-4H3. The molecule has 0 atom stereocenters. The molecule has 27 heavy (non-hydrogen) atoms. The molecule has 0 unspecified atom stereocenters. The molecule has 150 valence electrons. The van der Waals surface area contributed by atoms with Gasteiger partial charge in [0.05, 0.1) is 11.5 Å². The summed E-state index contributed by atoms with van der Waals surface area (Å²) in [6, 6.07) is 5.88. The van der Waals surface area contributed by atoms with E-state index in [9.17, 15) is 18.0 Å². The second-order valence-corrected chi connectivity index (χ2v) is 9.04. The van der Waals surface area contributed by atoms with E-state index in [-0.39, 0.29) is 16.9 Å². The van der Waals surface area contributed by atoms with E-state index in [1.54, 1.807) is 37.5 Å². The molecule has 1 heterocycles. The van der Waals surface area contributed by atoms with Crippen LogP contribution in [0.25, 0.3) is 0 Å². The zero-order valence-electron chi connectivity index (χ0n) is 16.2. The van der Waals surface area contributed by atoms with Gasteiger partial charge in [0.25, 0.3) is 5.91 Å². The van der Waals surface area contributed by atoms with Crippen molar-refractivity contribution in [1.29, 1.82) is 0 Å². The van der Waals surface area contributed by atoms with Crippen LogP contribution in [0.1, 0.15) is 38.1 Å². The van der Waals surface area contributed by atoms with Gasteiger partial charge in [0.2, 0.25) is 10.0 Å². The lowest BCUT2D eigenvalue weighted by atomic mass is 10.1. The first kappa shape index (κ1) is 21.2. The van der Waals surface area contributed by atoms with Crippen LogP contribution in [0.15, 0.2) is 29.2 Å². The molecule has 2 rings (SSSR count). The summed E-state index contributed by atoms with van der Waals surface area (Å²) in [6.45, 7) is 8.98. The number of benzene rings is 1. The number of hydrogen-bond donors (Lipinski definition) is 1. The number of rotatable bonds is 4. The van der Waals surface area contributed by atoms with Crippen LogP contribution in [0.3, 0.4) is 0 Å². The van der Waals surface area contributed by atoms with E-state index in [0.717, 1.165) is 0 Å². The minimum Gasteiger partial charge on any atom is -0.450 e. The molecular weight excluding hydrogens is 370 g/mol. The average Bonchev–Trinajstić information content (AvgIpc) is 2.59. The Morgan fingerprint density at radius 3 is 2.04 bits per heavy atom. The highest BCUT2D eigenvalue weighted by molar-refractivity contribution is 7.89. The fourth-order valence-electron chi connectivity index (χ4n) is 2.73. The highest BCUT2D eigenvalue weighted by Gasteiger charge is 2.26. The molecule has 1 N–H and O–H groups in total. The van der Waals surface area contributed by atoms with Crippen LogP contribution in [0.2, 0.25) is 0 Å². The number of carbonyl (C=O) groups is 2. The summed E-state index contributed by atoms with van der Waals surface area (Å²) in [7, 11) is -3.64. The Morgan fingerprint density at radius 2 is 1.56 bits per heavy atom. The number of sulfonamides is 1. The Hall–Kier alpha value is -2.13. The SMILES string of the molecule is CCOC(=O)N1CCN(C(=O)c2ccc(S(=O)(=O)NC(C)(C)C)cc2)CC1. The Kier molecular flexibility index (Phi) is 6.48. The summed E-state index contributed by atoms with van der Waals surface area (Å²) in [5.74, 6) is -0.189. The van der Waals surface area contributed by atoms with Gasteiger partial charge in [-0.1, -0.05) is 0 Å². The molecule has 8 nitrogen and oxygen atoms in total. The minimum atomic E-state index is -3.64. The molecule has 0 aromatic heterocycles. The van der Waals surface area contributed by atoms with Gasteiger partial charge in [-0.3, -0.25) is 4.79 Å². The first-order valence-electron chi connectivity index (χ1n) is 8.88. The van der Waals surface area contributed by atoms with Gasteiger partial charge in [0.1, 0.15) is 0 Å². The molecule has 0 aliphatic carbocycles. The third-order valence-electron chi connectivity index (χ3n) is 3.95. The number of nitrogens with one attached hydrogen (secondary N) is 1. The van der Waals surface area contributed by atoms with Crippen LogP contribution in [0, 0.1) is 0 Å². The third-order valence-corrected chi connectivity index (χ3v) is 5.72. The monoisotopic (exact) mass is 397 g/mol. The maximum Gasteiger partial charge on any atom is 0.409 e. The topological polar surface area (TPSA) is 96.0 Å². The highest BCUT2D eigenvalue weighted by Crippen LogP contribution is 2.16. The molecule has 2 amide bonds. The molecular formula is C18H27N3O5S. The van der Waals surface area contributed by atoms with Crippen molar-refractivity contribution < 1.29 is 22.7 Å². The molecule has 0 spiro atoms. The molecule has 0 bridgehead atoms. The zero-order chi connectivity index (χ0) is 20.2. The lowest BCUT2D eigenvalue weighted by Crippen LogP contribution is -2.50. The van der Waals surface area contributed by atoms with Crippen molar-refractivity contribution >= 4 is 22.0 Å². The molecule has 1 aliphatic rings. The predicted molar refractivity (Wildman–Crippen MR) is 101 cm³/mol. The first-order valence-corrected chi connectivity index (χ1v) is 10.4. The van der Waals surface area contributed by atoms with E-state index in [2.05, 4.69) is 4.72 Å². The largest absolute Gasteiger partial charge is 0.450 e. The molecule has 9 heteroatoms. The van der Waals surface area contributed by atoms with Crippen LogP contribution in [0.4, 0.5) is 4.79 Å². The number of nitrogens with zero attached hydrogens (tertiary/aromatic N) is 2. The van der Waals surface area contributed by atoms with E-state index >= 15 is 0 Å². The molecule has 1 fully saturated rings. The smallest absolute Gasteiger partial charge is 0.409 e. The molecule has 0 saturated carbocycles. The summed E-state index contributed by atoms with van der Waals surface area (Å²) in [5, 5.41) is 0. The van der Waals surface area contributed by atoms with E-state index in [4.69, 9.17) is 4.74 Å². The van der Waals surface area contributed by atoms with Crippen molar-refractivity contribution in [3.05, 3.63) is 29.8 Å². The fourth-order valence-corrected chi connectivity index (χ4v) is 4.15. The lowest BCUT2D eigenvalue weighted by Gasteiger charge is -2.34. The first-order chi connectivity index (χ1) is 12.5. The van der Waals surface area contributed by atoms with Gasteiger partial charge < -0.3 is 14.5 Å². The summed E-state index contributed by atoms with van der Waals surface area (Å²) in [4.78, 5) is 27.7. The normalized spacial score (nSPS) is 15.6. The summed E-state index contributed by atoms with van der Waals surface area (Å²) < 4.78 is 32.2. The van der Waals surface area contributed by atoms with Gasteiger partial charge in [-0.05, 0) is 52.0 Å². The van der Waals surface area contributed by atoms with Crippen molar-refractivity contribution in [3.63, 3.8) is 0 Å².